The Bertz CT molecular complexity index is 377. The van der Waals surface area contributed by atoms with E-state index in [2.05, 4.69) is 5.32 Å². The van der Waals surface area contributed by atoms with Gasteiger partial charge in [-0.1, -0.05) is 17.7 Å². The molecule has 1 atom stereocenters. The van der Waals surface area contributed by atoms with Crippen molar-refractivity contribution < 1.29 is 4.79 Å². The topological polar surface area (TPSA) is 55.1 Å². The summed E-state index contributed by atoms with van der Waals surface area (Å²) in [4.78, 5) is 11.5. The number of carbonyl (C=O) groups is 1. The molecule has 1 unspecified atom stereocenters. The summed E-state index contributed by atoms with van der Waals surface area (Å²) in [6, 6.07) is 5.58. The number of hydrogen-bond acceptors (Lipinski definition) is 2. The van der Waals surface area contributed by atoms with Gasteiger partial charge in [0, 0.05) is 12.5 Å². The molecule has 0 aliphatic carbocycles. The van der Waals surface area contributed by atoms with Crippen LogP contribution in [-0.2, 0) is 4.79 Å². The Morgan fingerprint density at radius 2 is 2.25 bits per heavy atom. The lowest BCUT2D eigenvalue weighted by Crippen LogP contribution is -2.19. The molecule has 1 rings (SSSR count). The maximum Gasteiger partial charge on any atom is 0.224 e. The molecular weight excluding hydrogens is 224 g/mol. The molecule has 0 aliphatic rings. The van der Waals surface area contributed by atoms with Gasteiger partial charge in [0.25, 0.3) is 0 Å². The molecule has 0 saturated carbocycles. The monoisotopic (exact) mass is 240 g/mol. The van der Waals surface area contributed by atoms with Gasteiger partial charge < -0.3 is 11.1 Å². The van der Waals surface area contributed by atoms with Gasteiger partial charge in [0.2, 0.25) is 5.91 Å². The standard InChI is InChI=1S/C12H17ClN2O/c1-8-3-5-11(10(13)7-8)15-12(16)6-4-9(2)14/h3,5,7,9H,4,6,14H2,1-2H3,(H,15,16). The molecule has 0 radical (unpaired) electrons. The molecule has 4 heteroatoms. The van der Waals surface area contributed by atoms with E-state index in [1.807, 2.05) is 26.0 Å². The first-order valence-electron chi connectivity index (χ1n) is 5.30. The van der Waals surface area contributed by atoms with Crippen LogP contribution < -0.4 is 11.1 Å². The lowest BCUT2D eigenvalue weighted by molar-refractivity contribution is -0.116. The van der Waals surface area contributed by atoms with Crippen molar-refractivity contribution in [3.05, 3.63) is 28.8 Å². The van der Waals surface area contributed by atoms with Crippen molar-refractivity contribution in [2.75, 3.05) is 5.32 Å². The minimum Gasteiger partial charge on any atom is -0.328 e. The van der Waals surface area contributed by atoms with Gasteiger partial charge in [0.15, 0.2) is 0 Å². The molecular formula is C12H17ClN2O. The van der Waals surface area contributed by atoms with Gasteiger partial charge >= 0.3 is 0 Å². The molecule has 0 fully saturated rings. The van der Waals surface area contributed by atoms with E-state index in [4.69, 9.17) is 17.3 Å². The zero-order chi connectivity index (χ0) is 12.1. The van der Waals surface area contributed by atoms with Crippen LogP contribution in [0.2, 0.25) is 5.02 Å². The van der Waals surface area contributed by atoms with Gasteiger partial charge in [-0.25, -0.2) is 0 Å². The van der Waals surface area contributed by atoms with E-state index >= 15 is 0 Å². The Hall–Kier alpha value is -1.06. The first-order chi connectivity index (χ1) is 7.49. The fourth-order valence-corrected chi connectivity index (χ4v) is 1.58. The summed E-state index contributed by atoms with van der Waals surface area (Å²) in [6.07, 6.45) is 1.09. The van der Waals surface area contributed by atoms with Gasteiger partial charge in [0.05, 0.1) is 10.7 Å². The smallest absolute Gasteiger partial charge is 0.224 e. The van der Waals surface area contributed by atoms with Gasteiger partial charge in [-0.05, 0) is 38.0 Å². The van der Waals surface area contributed by atoms with Crippen LogP contribution in [0.25, 0.3) is 0 Å². The number of amides is 1. The van der Waals surface area contributed by atoms with Crippen LogP contribution >= 0.6 is 11.6 Å². The summed E-state index contributed by atoms with van der Waals surface area (Å²) in [5, 5.41) is 3.33. The quantitative estimate of drug-likeness (QED) is 0.850. The normalized spacial score (nSPS) is 12.2. The highest BCUT2D eigenvalue weighted by atomic mass is 35.5. The molecule has 3 N–H and O–H groups in total. The fraction of sp³-hybridized carbons (Fsp3) is 0.417. The summed E-state index contributed by atoms with van der Waals surface area (Å²) in [5.74, 6) is -0.0527. The lowest BCUT2D eigenvalue weighted by atomic mass is 10.2. The van der Waals surface area contributed by atoms with Crippen LogP contribution in [0.5, 0.6) is 0 Å². The molecule has 1 aromatic rings. The molecule has 0 aromatic heterocycles. The highest BCUT2D eigenvalue weighted by Crippen LogP contribution is 2.22. The number of nitrogens with two attached hydrogens (primary N) is 1. The van der Waals surface area contributed by atoms with E-state index in [1.54, 1.807) is 6.07 Å². The Morgan fingerprint density at radius 1 is 1.56 bits per heavy atom. The average Bonchev–Trinajstić information content (AvgIpc) is 2.19. The number of aryl methyl sites for hydroxylation is 1. The van der Waals surface area contributed by atoms with Gasteiger partial charge in [-0.3, -0.25) is 4.79 Å². The van der Waals surface area contributed by atoms with Crippen molar-refractivity contribution in [3.8, 4) is 0 Å². The number of hydrogen-bond donors (Lipinski definition) is 2. The van der Waals surface area contributed by atoms with Gasteiger partial charge in [0.1, 0.15) is 0 Å². The highest BCUT2D eigenvalue weighted by Gasteiger charge is 2.06. The molecule has 1 amide bonds. The predicted molar refractivity (Wildman–Crippen MR) is 67.7 cm³/mol. The van der Waals surface area contributed by atoms with Gasteiger partial charge in [-0.15, -0.1) is 0 Å². The molecule has 3 nitrogen and oxygen atoms in total. The summed E-state index contributed by atoms with van der Waals surface area (Å²) >= 11 is 6.00. The Balaban J connectivity index is 2.56. The van der Waals surface area contributed by atoms with Gasteiger partial charge in [-0.2, -0.15) is 0 Å². The van der Waals surface area contributed by atoms with E-state index in [0.29, 0.717) is 23.6 Å². The second-order valence-electron chi connectivity index (χ2n) is 4.05. The average molecular weight is 241 g/mol. The summed E-state index contributed by atoms with van der Waals surface area (Å²) in [5.41, 5.74) is 7.30. The van der Waals surface area contributed by atoms with Crippen molar-refractivity contribution >= 4 is 23.2 Å². The number of rotatable bonds is 4. The van der Waals surface area contributed by atoms with Crippen LogP contribution in [0.1, 0.15) is 25.3 Å². The highest BCUT2D eigenvalue weighted by molar-refractivity contribution is 6.33. The van der Waals surface area contributed by atoms with E-state index in [0.717, 1.165) is 5.56 Å². The van der Waals surface area contributed by atoms with Crippen LogP contribution in [-0.4, -0.2) is 11.9 Å². The predicted octanol–water partition coefficient (Wildman–Crippen LogP) is 2.71. The van der Waals surface area contributed by atoms with Crippen molar-refractivity contribution in [2.24, 2.45) is 5.73 Å². The lowest BCUT2D eigenvalue weighted by Gasteiger charge is -2.08. The zero-order valence-corrected chi connectivity index (χ0v) is 10.3. The SMILES string of the molecule is Cc1ccc(NC(=O)CCC(C)N)c(Cl)c1. The first kappa shape index (κ1) is 13.0. The number of halogens is 1. The maximum absolute atomic E-state index is 11.5. The number of anilines is 1. The maximum atomic E-state index is 11.5. The molecule has 0 spiro atoms. The van der Waals surface area contributed by atoms with Crippen molar-refractivity contribution in [2.45, 2.75) is 32.7 Å². The van der Waals surface area contributed by atoms with Crippen LogP contribution in [0.4, 0.5) is 5.69 Å². The van der Waals surface area contributed by atoms with E-state index in [9.17, 15) is 4.79 Å². The molecule has 0 bridgehead atoms. The zero-order valence-electron chi connectivity index (χ0n) is 9.59. The second kappa shape index (κ2) is 5.87. The number of benzene rings is 1. The van der Waals surface area contributed by atoms with E-state index < -0.39 is 0 Å². The molecule has 88 valence electrons. The van der Waals surface area contributed by atoms with Crippen molar-refractivity contribution in [1.29, 1.82) is 0 Å². The van der Waals surface area contributed by atoms with E-state index in [1.165, 1.54) is 0 Å². The summed E-state index contributed by atoms with van der Waals surface area (Å²) in [6.45, 7) is 3.83. The molecule has 0 aliphatic heterocycles. The Morgan fingerprint density at radius 3 is 2.81 bits per heavy atom. The first-order valence-corrected chi connectivity index (χ1v) is 5.68. The molecule has 0 saturated heterocycles. The minimum absolute atomic E-state index is 0.0410. The van der Waals surface area contributed by atoms with Crippen LogP contribution in [0.15, 0.2) is 18.2 Å². The third-order valence-electron chi connectivity index (χ3n) is 2.23. The second-order valence-corrected chi connectivity index (χ2v) is 4.45. The number of nitrogens with one attached hydrogen (secondary N) is 1. The molecule has 1 aromatic carbocycles. The number of carbonyl (C=O) groups excluding carboxylic acids is 1. The van der Waals surface area contributed by atoms with Crippen molar-refractivity contribution in [3.63, 3.8) is 0 Å². The van der Waals surface area contributed by atoms with E-state index in [-0.39, 0.29) is 11.9 Å². The van der Waals surface area contributed by atoms with Crippen LogP contribution in [0.3, 0.4) is 0 Å². The van der Waals surface area contributed by atoms with Crippen molar-refractivity contribution in [1.82, 2.24) is 0 Å². The summed E-state index contributed by atoms with van der Waals surface area (Å²) < 4.78 is 0. The molecule has 16 heavy (non-hydrogen) atoms. The minimum atomic E-state index is -0.0527. The third-order valence-corrected chi connectivity index (χ3v) is 2.54. The Labute approximate surface area is 101 Å². The summed E-state index contributed by atoms with van der Waals surface area (Å²) in [7, 11) is 0. The molecule has 0 heterocycles. The van der Waals surface area contributed by atoms with Crippen LogP contribution in [0, 0.1) is 6.92 Å². The third kappa shape index (κ3) is 4.21. The Kier molecular flexibility index (Phi) is 4.77. The largest absolute Gasteiger partial charge is 0.328 e. The fourth-order valence-electron chi connectivity index (χ4n) is 1.29.